The molecular weight excluding hydrogens is 218 g/mol. The number of rotatable bonds is 4. The van der Waals surface area contributed by atoms with Crippen LogP contribution in [-0.2, 0) is 13.0 Å². The average Bonchev–Trinajstić information content (AvgIpc) is 2.73. The summed E-state index contributed by atoms with van der Waals surface area (Å²) < 4.78 is 0. The molecule has 3 N–H and O–H groups in total. The minimum absolute atomic E-state index is 0.740. The topological polar surface area (TPSA) is 50.9 Å². The van der Waals surface area contributed by atoms with Crippen molar-refractivity contribution in [2.75, 3.05) is 11.1 Å². The normalized spacial score (nSPS) is 10.3. The summed E-state index contributed by atoms with van der Waals surface area (Å²) in [5.74, 6) is 0. The highest BCUT2D eigenvalue weighted by Gasteiger charge is 1.98. The number of nitrogen functional groups attached to an aromatic ring is 1. The summed E-state index contributed by atoms with van der Waals surface area (Å²) in [6.45, 7) is 2.95. The third-order valence-electron chi connectivity index (χ3n) is 2.40. The van der Waals surface area contributed by atoms with Gasteiger partial charge in [0.1, 0.15) is 5.00 Å². The van der Waals surface area contributed by atoms with E-state index in [4.69, 9.17) is 5.73 Å². The lowest BCUT2D eigenvalue weighted by Gasteiger charge is -2.03. The van der Waals surface area contributed by atoms with Crippen LogP contribution in [0.15, 0.2) is 30.5 Å². The number of nitrogens with zero attached hydrogens (tertiary/aromatic N) is 1. The summed E-state index contributed by atoms with van der Waals surface area (Å²) in [6, 6.07) is 8.60. The van der Waals surface area contributed by atoms with Crippen LogP contribution in [0, 0.1) is 0 Å². The lowest BCUT2D eigenvalue weighted by Crippen LogP contribution is -1.98. The van der Waals surface area contributed by atoms with E-state index >= 15 is 0 Å². The summed E-state index contributed by atoms with van der Waals surface area (Å²) in [5.41, 5.74) is 8.22. The zero-order chi connectivity index (χ0) is 11.4. The van der Waals surface area contributed by atoms with Crippen LogP contribution in [-0.4, -0.2) is 4.98 Å². The van der Waals surface area contributed by atoms with Crippen molar-refractivity contribution in [1.82, 2.24) is 4.98 Å². The first-order valence-corrected chi connectivity index (χ1v) is 6.12. The van der Waals surface area contributed by atoms with E-state index in [0.29, 0.717) is 0 Å². The van der Waals surface area contributed by atoms with Gasteiger partial charge in [0, 0.05) is 6.54 Å². The van der Waals surface area contributed by atoms with Gasteiger partial charge in [-0.2, -0.15) is 0 Å². The zero-order valence-electron chi connectivity index (χ0n) is 9.23. The van der Waals surface area contributed by atoms with Gasteiger partial charge in [0.15, 0.2) is 5.13 Å². The maximum atomic E-state index is 5.60. The number of benzene rings is 1. The van der Waals surface area contributed by atoms with E-state index in [1.807, 2.05) is 0 Å². The molecule has 0 unspecified atom stereocenters. The van der Waals surface area contributed by atoms with Crippen LogP contribution in [0.5, 0.6) is 0 Å². The molecule has 0 fully saturated rings. The second kappa shape index (κ2) is 4.99. The molecule has 2 rings (SSSR count). The highest BCUT2D eigenvalue weighted by atomic mass is 32.1. The van der Waals surface area contributed by atoms with E-state index < -0.39 is 0 Å². The van der Waals surface area contributed by atoms with Crippen LogP contribution < -0.4 is 11.1 Å². The Morgan fingerprint density at radius 3 is 2.50 bits per heavy atom. The maximum Gasteiger partial charge on any atom is 0.184 e. The van der Waals surface area contributed by atoms with Crippen molar-refractivity contribution in [3.8, 4) is 0 Å². The second-order valence-corrected chi connectivity index (χ2v) is 4.65. The molecule has 3 nitrogen and oxygen atoms in total. The molecule has 1 aromatic heterocycles. The second-order valence-electron chi connectivity index (χ2n) is 3.59. The molecule has 0 atom stereocenters. The molecule has 2 aromatic rings. The molecule has 0 aliphatic carbocycles. The van der Waals surface area contributed by atoms with E-state index in [0.717, 1.165) is 23.1 Å². The fraction of sp³-hybridized carbons (Fsp3) is 0.250. The average molecular weight is 233 g/mol. The number of nitrogens with two attached hydrogens (primary N) is 1. The molecule has 0 aliphatic heterocycles. The Bertz CT molecular complexity index is 448. The number of hydrogen-bond acceptors (Lipinski definition) is 4. The van der Waals surface area contributed by atoms with Gasteiger partial charge in [-0.25, -0.2) is 4.98 Å². The Morgan fingerprint density at radius 2 is 1.94 bits per heavy atom. The highest BCUT2D eigenvalue weighted by molar-refractivity contribution is 7.19. The van der Waals surface area contributed by atoms with E-state index in [1.165, 1.54) is 22.5 Å². The summed E-state index contributed by atoms with van der Waals surface area (Å²) in [7, 11) is 0. The Hall–Kier alpha value is -1.55. The number of hydrogen-bond donors (Lipinski definition) is 2. The standard InChI is InChI=1S/C12H15N3S/c1-2-9-3-5-10(6-4-9)7-14-12-15-8-11(13)16-12/h3-6,8H,2,7,13H2,1H3,(H,14,15). The van der Waals surface area contributed by atoms with Crippen molar-refractivity contribution in [2.24, 2.45) is 0 Å². The molecule has 1 heterocycles. The SMILES string of the molecule is CCc1ccc(CNc2ncc(N)s2)cc1. The Labute approximate surface area is 99.3 Å². The van der Waals surface area contributed by atoms with Crippen LogP contribution in [0.1, 0.15) is 18.1 Å². The van der Waals surface area contributed by atoms with Crippen molar-refractivity contribution in [3.63, 3.8) is 0 Å². The number of thiazole rings is 1. The zero-order valence-corrected chi connectivity index (χ0v) is 10.1. The van der Waals surface area contributed by atoms with Crippen molar-refractivity contribution in [3.05, 3.63) is 41.6 Å². The van der Waals surface area contributed by atoms with Gasteiger partial charge in [0.05, 0.1) is 6.20 Å². The molecule has 0 aliphatic rings. The van der Waals surface area contributed by atoms with Gasteiger partial charge in [-0.3, -0.25) is 0 Å². The lowest BCUT2D eigenvalue weighted by molar-refractivity contribution is 1.10. The van der Waals surface area contributed by atoms with Crippen molar-refractivity contribution < 1.29 is 0 Å². The largest absolute Gasteiger partial charge is 0.389 e. The van der Waals surface area contributed by atoms with Crippen LogP contribution >= 0.6 is 11.3 Å². The van der Waals surface area contributed by atoms with Crippen LogP contribution in [0.25, 0.3) is 0 Å². The molecule has 4 heteroatoms. The van der Waals surface area contributed by atoms with Crippen LogP contribution in [0.2, 0.25) is 0 Å². The van der Waals surface area contributed by atoms with E-state index in [-0.39, 0.29) is 0 Å². The summed E-state index contributed by atoms with van der Waals surface area (Å²) >= 11 is 1.47. The smallest absolute Gasteiger partial charge is 0.184 e. The van der Waals surface area contributed by atoms with E-state index in [9.17, 15) is 0 Å². The van der Waals surface area contributed by atoms with Gasteiger partial charge in [-0.15, -0.1) is 0 Å². The van der Waals surface area contributed by atoms with Crippen LogP contribution in [0.3, 0.4) is 0 Å². The Balaban J connectivity index is 1.94. The summed E-state index contributed by atoms with van der Waals surface area (Å²) in [6.07, 6.45) is 2.75. The predicted octanol–water partition coefficient (Wildman–Crippen LogP) is 2.90. The monoisotopic (exact) mass is 233 g/mol. The van der Waals surface area contributed by atoms with Gasteiger partial charge in [0.2, 0.25) is 0 Å². The Kier molecular flexibility index (Phi) is 3.41. The molecule has 16 heavy (non-hydrogen) atoms. The third-order valence-corrected chi connectivity index (χ3v) is 3.18. The molecule has 0 saturated heterocycles. The fourth-order valence-corrected chi connectivity index (χ4v) is 2.02. The first-order chi connectivity index (χ1) is 7.78. The van der Waals surface area contributed by atoms with Gasteiger partial charge in [-0.05, 0) is 17.5 Å². The van der Waals surface area contributed by atoms with Gasteiger partial charge in [-0.1, -0.05) is 42.5 Å². The number of nitrogens with one attached hydrogen (secondary N) is 1. The quantitative estimate of drug-likeness (QED) is 0.853. The maximum absolute atomic E-state index is 5.60. The minimum atomic E-state index is 0.740. The number of anilines is 2. The first kappa shape index (κ1) is 11.0. The fourth-order valence-electron chi connectivity index (χ4n) is 1.44. The van der Waals surface area contributed by atoms with E-state index in [1.54, 1.807) is 6.20 Å². The molecule has 1 aromatic carbocycles. The van der Waals surface area contributed by atoms with Crippen molar-refractivity contribution in [1.29, 1.82) is 0 Å². The minimum Gasteiger partial charge on any atom is -0.389 e. The lowest BCUT2D eigenvalue weighted by atomic mass is 10.1. The van der Waals surface area contributed by atoms with Crippen molar-refractivity contribution in [2.45, 2.75) is 19.9 Å². The van der Waals surface area contributed by atoms with Gasteiger partial charge >= 0.3 is 0 Å². The number of aryl methyl sites for hydroxylation is 1. The highest BCUT2D eigenvalue weighted by Crippen LogP contribution is 2.20. The number of aromatic nitrogens is 1. The molecule has 0 spiro atoms. The molecule has 84 valence electrons. The third kappa shape index (κ3) is 2.73. The molecule has 0 radical (unpaired) electrons. The first-order valence-electron chi connectivity index (χ1n) is 5.31. The summed E-state index contributed by atoms with van der Waals surface area (Å²) in [5, 5.41) is 4.86. The van der Waals surface area contributed by atoms with Gasteiger partial charge in [0.25, 0.3) is 0 Å². The van der Waals surface area contributed by atoms with E-state index in [2.05, 4.69) is 41.5 Å². The molecule has 0 amide bonds. The summed E-state index contributed by atoms with van der Waals surface area (Å²) in [4.78, 5) is 4.15. The van der Waals surface area contributed by atoms with Gasteiger partial charge < -0.3 is 11.1 Å². The predicted molar refractivity (Wildman–Crippen MR) is 69.7 cm³/mol. The molecule has 0 saturated carbocycles. The van der Waals surface area contributed by atoms with Crippen LogP contribution in [0.4, 0.5) is 10.1 Å². The Morgan fingerprint density at radius 1 is 1.25 bits per heavy atom. The van der Waals surface area contributed by atoms with Crippen molar-refractivity contribution >= 4 is 21.5 Å². The molecular formula is C12H15N3S. The molecule has 0 bridgehead atoms.